The van der Waals surface area contributed by atoms with E-state index < -0.39 is 0 Å². The molecule has 6 heteroatoms. The van der Waals surface area contributed by atoms with Gasteiger partial charge in [-0.05, 0) is 24.8 Å². The Morgan fingerprint density at radius 3 is 2.85 bits per heavy atom. The number of rotatable bonds is 3. The van der Waals surface area contributed by atoms with Crippen LogP contribution in [0.15, 0.2) is 6.33 Å². The molecule has 1 fully saturated rings. The molecule has 2 aliphatic rings. The van der Waals surface area contributed by atoms with Crippen molar-refractivity contribution in [2.45, 2.75) is 51.6 Å². The van der Waals surface area contributed by atoms with Gasteiger partial charge in [-0.2, -0.15) is 0 Å². The van der Waals surface area contributed by atoms with Crippen molar-refractivity contribution in [1.29, 1.82) is 0 Å². The van der Waals surface area contributed by atoms with Gasteiger partial charge in [0.1, 0.15) is 6.33 Å². The molecule has 0 spiro atoms. The minimum absolute atomic E-state index is 0.0421. The van der Waals surface area contributed by atoms with Crippen LogP contribution < -0.4 is 5.73 Å². The number of amides is 1. The first-order valence-electron chi connectivity index (χ1n) is 7.57. The summed E-state index contributed by atoms with van der Waals surface area (Å²) in [5.74, 6) is 1.11. The van der Waals surface area contributed by atoms with Crippen LogP contribution >= 0.6 is 0 Å². The Morgan fingerprint density at radius 2 is 2.10 bits per heavy atom. The van der Waals surface area contributed by atoms with Crippen LogP contribution in [-0.4, -0.2) is 38.7 Å². The SMILES string of the molecule is NCC1(CC(=O)N2CCn3cnnc3C2)CCCCC1. The Labute approximate surface area is 119 Å². The number of aromatic nitrogens is 3. The summed E-state index contributed by atoms with van der Waals surface area (Å²) in [5.41, 5.74) is 6.02. The van der Waals surface area contributed by atoms with E-state index in [0.29, 0.717) is 19.5 Å². The number of nitrogens with zero attached hydrogens (tertiary/aromatic N) is 4. The lowest BCUT2D eigenvalue weighted by atomic mass is 9.71. The second-order valence-corrected chi connectivity index (χ2v) is 6.20. The minimum Gasteiger partial charge on any atom is -0.333 e. The van der Waals surface area contributed by atoms with Gasteiger partial charge in [0.2, 0.25) is 5.91 Å². The molecular formula is C14H23N5O. The molecular weight excluding hydrogens is 254 g/mol. The molecule has 1 amide bonds. The van der Waals surface area contributed by atoms with E-state index >= 15 is 0 Å². The number of nitrogens with two attached hydrogens (primary N) is 1. The van der Waals surface area contributed by atoms with Gasteiger partial charge in [-0.15, -0.1) is 10.2 Å². The molecule has 0 saturated heterocycles. The highest BCUT2D eigenvalue weighted by Crippen LogP contribution is 2.38. The predicted molar refractivity (Wildman–Crippen MR) is 74.6 cm³/mol. The van der Waals surface area contributed by atoms with E-state index in [1.165, 1.54) is 19.3 Å². The summed E-state index contributed by atoms with van der Waals surface area (Å²) in [7, 11) is 0. The van der Waals surface area contributed by atoms with Crippen LogP contribution in [0.5, 0.6) is 0 Å². The van der Waals surface area contributed by atoms with Gasteiger partial charge in [-0.3, -0.25) is 4.79 Å². The lowest BCUT2D eigenvalue weighted by molar-refractivity contribution is -0.135. The summed E-state index contributed by atoms with van der Waals surface area (Å²) in [6.07, 6.45) is 8.22. The Balaban J connectivity index is 1.64. The van der Waals surface area contributed by atoms with Crippen LogP contribution in [0.4, 0.5) is 0 Å². The van der Waals surface area contributed by atoms with Crippen molar-refractivity contribution in [3.8, 4) is 0 Å². The molecule has 0 bridgehead atoms. The molecule has 6 nitrogen and oxygen atoms in total. The van der Waals surface area contributed by atoms with Crippen molar-refractivity contribution < 1.29 is 4.79 Å². The van der Waals surface area contributed by atoms with Gasteiger partial charge in [0.05, 0.1) is 6.54 Å². The fourth-order valence-corrected chi connectivity index (χ4v) is 3.47. The second kappa shape index (κ2) is 5.52. The molecule has 0 aromatic carbocycles. The number of hydrogen-bond acceptors (Lipinski definition) is 4. The van der Waals surface area contributed by atoms with Crippen molar-refractivity contribution in [3.63, 3.8) is 0 Å². The Bertz CT molecular complexity index is 478. The standard InChI is InChI=1S/C14H23N5O/c15-10-14(4-2-1-3-5-14)8-13(20)18-6-7-19-11-16-17-12(19)9-18/h11H,1-10,15H2. The van der Waals surface area contributed by atoms with E-state index in [1.54, 1.807) is 6.33 Å². The molecule has 1 aromatic rings. The van der Waals surface area contributed by atoms with E-state index in [2.05, 4.69) is 10.2 Å². The average molecular weight is 277 g/mol. The fraction of sp³-hybridized carbons (Fsp3) is 0.786. The topological polar surface area (TPSA) is 77.0 Å². The molecule has 0 radical (unpaired) electrons. The third-order valence-electron chi connectivity index (χ3n) is 4.86. The molecule has 1 aliphatic carbocycles. The van der Waals surface area contributed by atoms with Gasteiger partial charge in [0, 0.05) is 19.5 Å². The zero-order valence-electron chi connectivity index (χ0n) is 11.9. The largest absolute Gasteiger partial charge is 0.333 e. The third-order valence-corrected chi connectivity index (χ3v) is 4.86. The average Bonchev–Trinajstić information content (AvgIpc) is 2.95. The summed E-state index contributed by atoms with van der Waals surface area (Å²) in [6, 6.07) is 0. The van der Waals surface area contributed by atoms with Gasteiger partial charge in [-0.25, -0.2) is 0 Å². The highest BCUT2D eigenvalue weighted by Gasteiger charge is 2.35. The molecule has 1 saturated carbocycles. The Kier molecular flexibility index (Phi) is 3.74. The van der Waals surface area contributed by atoms with Crippen LogP contribution in [0.25, 0.3) is 0 Å². The number of carbonyl (C=O) groups excluding carboxylic acids is 1. The molecule has 1 aliphatic heterocycles. The van der Waals surface area contributed by atoms with Gasteiger partial charge in [0.15, 0.2) is 5.82 Å². The van der Waals surface area contributed by atoms with E-state index in [1.807, 2.05) is 9.47 Å². The van der Waals surface area contributed by atoms with Crippen molar-refractivity contribution >= 4 is 5.91 Å². The predicted octanol–water partition coefficient (Wildman–Crippen LogP) is 0.920. The first-order chi connectivity index (χ1) is 9.72. The highest BCUT2D eigenvalue weighted by atomic mass is 16.2. The number of carbonyl (C=O) groups is 1. The highest BCUT2D eigenvalue weighted by molar-refractivity contribution is 5.77. The summed E-state index contributed by atoms with van der Waals surface area (Å²) < 4.78 is 2.02. The molecule has 1 aromatic heterocycles. The molecule has 0 unspecified atom stereocenters. The van der Waals surface area contributed by atoms with E-state index in [0.717, 1.165) is 31.8 Å². The smallest absolute Gasteiger partial charge is 0.223 e. The molecule has 2 heterocycles. The maximum absolute atomic E-state index is 12.6. The second-order valence-electron chi connectivity index (χ2n) is 6.20. The molecule has 3 rings (SSSR count). The first kappa shape index (κ1) is 13.5. The van der Waals surface area contributed by atoms with Crippen molar-refractivity contribution in [2.75, 3.05) is 13.1 Å². The summed E-state index contributed by atoms with van der Waals surface area (Å²) in [6.45, 7) is 2.76. The molecule has 110 valence electrons. The lowest BCUT2D eigenvalue weighted by Crippen LogP contribution is -2.43. The van der Waals surface area contributed by atoms with Crippen LogP contribution in [0.1, 0.15) is 44.3 Å². The van der Waals surface area contributed by atoms with E-state index in [4.69, 9.17) is 5.73 Å². The van der Waals surface area contributed by atoms with Crippen LogP contribution in [0.2, 0.25) is 0 Å². The third kappa shape index (κ3) is 2.57. The molecule has 2 N–H and O–H groups in total. The van der Waals surface area contributed by atoms with Gasteiger partial charge in [0.25, 0.3) is 0 Å². The molecule has 0 atom stereocenters. The Morgan fingerprint density at radius 1 is 1.30 bits per heavy atom. The Hall–Kier alpha value is -1.43. The van der Waals surface area contributed by atoms with Gasteiger partial charge < -0.3 is 15.2 Å². The van der Waals surface area contributed by atoms with E-state index in [9.17, 15) is 4.79 Å². The first-order valence-corrected chi connectivity index (χ1v) is 7.57. The van der Waals surface area contributed by atoms with E-state index in [-0.39, 0.29) is 11.3 Å². The zero-order valence-corrected chi connectivity index (χ0v) is 11.9. The molecule has 20 heavy (non-hydrogen) atoms. The summed E-state index contributed by atoms with van der Waals surface area (Å²) in [4.78, 5) is 14.5. The van der Waals surface area contributed by atoms with Crippen LogP contribution in [0.3, 0.4) is 0 Å². The quantitative estimate of drug-likeness (QED) is 0.891. The van der Waals surface area contributed by atoms with Crippen LogP contribution in [0, 0.1) is 5.41 Å². The van der Waals surface area contributed by atoms with Crippen molar-refractivity contribution in [3.05, 3.63) is 12.2 Å². The summed E-state index contributed by atoms with van der Waals surface area (Å²) >= 11 is 0. The zero-order chi connectivity index (χ0) is 14.0. The minimum atomic E-state index is 0.0421. The maximum atomic E-state index is 12.6. The van der Waals surface area contributed by atoms with Crippen molar-refractivity contribution in [1.82, 2.24) is 19.7 Å². The number of fused-ring (bicyclic) bond motifs is 1. The van der Waals surface area contributed by atoms with Gasteiger partial charge >= 0.3 is 0 Å². The summed E-state index contributed by atoms with van der Waals surface area (Å²) in [5, 5.41) is 7.97. The normalized spacial score (nSPS) is 21.6. The van der Waals surface area contributed by atoms with Crippen molar-refractivity contribution in [2.24, 2.45) is 11.1 Å². The lowest BCUT2D eigenvalue weighted by Gasteiger charge is -2.38. The fourth-order valence-electron chi connectivity index (χ4n) is 3.47. The number of hydrogen-bond donors (Lipinski definition) is 1. The van der Waals surface area contributed by atoms with Crippen LogP contribution in [-0.2, 0) is 17.9 Å². The van der Waals surface area contributed by atoms with Gasteiger partial charge in [-0.1, -0.05) is 19.3 Å². The monoisotopic (exact) mass is 277 g/mol. The maximum Gasteiger partial charge on any atom is 0.223 e.